The molecule has 0 saturated heterocycles. The van der Waals surface area contributed by atoms with Crippen LogP contribution >= 0.6 is 11.6 Å². The molecule has 0 aliphatic rings. The van der Waals surface area contributed by atoms with Crippen LogP contribution in [0, 0.1) is 15.9 Å². The Morgan fingerprint density at radius 1 is 1.26 bits per heavy atom. The number of halogens is 2. The lowest BCUT2D eigenvalue weighted by atomic mass is 10.1. The lowest BCUT2D eigenvalue weighted by Crippen LogP contribution is -2.10. The van der Waals surface area contributed by atoms with Crippen molar-refractivity contribution in [3.05, 3.63) is 69.9 Å². The van der Waals surface area contributed by atoms with Crippen LogP contribution in [0.15, 0.2) is 47.0 Å². The predicted molar refractivity (Wildman–Crippen MR) is 101 cm³/mol. The Bertz CT molecular complexity index is 1020. The maximum Gasteiger partial charge on any atom is 0.293 e. The van der Waals surface area contributed by atoms with Gasteiger partial charge in [-0.15, -0.1) is 0 Å². The van der Waals surface area contributed by atoms with Gasteiger partial charge in [-0.3, -0.25) is 10.1 Å². The molecule has 3 aromatic rings. The molecule has 3 rings (SSSR count). The number of nitrogens with zero attached hydrogens (tertiary/aromatic N) is 4. The van der Waals surface area contributed by atoms with E-state index in [1.807, 2.05) is 0 Å². The van der Waals surface area contributed by atoms with E-state index >= 15 is 0 Å². The highest BCUT2D eigenvalue weighted by Crippen LogP contribution is 2.30. The summed E-state index contributed by atoms with van der Waals surface area (Å²) < 4.78 is 18.1. The molecule has 0 unspecified atom stereocenters. The summed E-state index contributed by atoms with van der Waals surface area (Å²) in [5.41, 5.74) is 1.51. The van der Waals surface area contributed by atoms with Gasteiger partial charge in [-0.2, -0.15) is 4.98 Å². The van der Waals surface area contributed by atoms with E-state index in [0.717, 1.165) is 0 Å². The smallest absolute Gasteiger partial charge is 0.293 e. The maximum absolute atomic E-state index is 13.0. The Balaban J connectivity index is 1.91. The van der Waals surface area contributed by atoms with Crippen molar-refractivity contribution in [2.45, 2.75) is 0 Å². The van der Waals surface area contributed by atoms with Crippen LogP contribution in [0.3, 0.4) is 0 Å². The second-order valence-electron chi connectivity index (χ2n) is 5.82. The Morgan fingerprint density at radius 3 is 2.59 bits per heavy atom. The van der Waals surface area contributed by atoms with E-state index in [1.165, 1.54) is 36.4 Å². The van der Waals surface area contributed by atoms with Crippen molar-refractivity contribution < 1.29 is 13.8 Å². The van der Waals surface area contributed by atoms with Gasteiger partial charge in [0.1, 0.15) is 16.5 Å². The van der Waals surface area contributed by atoms with Crippen molar-refractivity contribution in [3.63, 3.8) is 0 Å². The second-order valence-corrected chi connectivity index (χ2v) is 6.23. The summed E-state index contributed by atoms with van der Waals surface area (Å²) in [4.78, 5) is 16.6. The summed E-state index contributed by atoms with van der Waals surface area (Å²) in [6.07, 6.45) is 1.50. The van der Waals surface area contributed by atoms with Crippen molar-refractivity contribution in [2.75, 3.05) is 19.0 Å². The number of rotatable bonds is 5. The number of anilines is 1. The third-order valence-electron chi connectivity index (χ3n) is 3.70. The zero-order valence-corrected chi connectivity index (χ0v) is 15.1. The van der Waals surface area contributed by atoms with Crippen molar-refractivity contribution in [1.82, 2.24) is 10.1 Å². The predicted octanol–water partition coefficient (Wildman–Crippen LogP) is 4.59. The molecule has 9 heteroatoms. The van der Waals surface area contributed by atoms with Crippen molar-refractivity contribution in [3.8, 4) is 11.4 Å². The summed E-state index contributed by atoms with van der Waals surface area (Å²) in [5.74, 6) is -0.0658. The number of nitro benzene ring substituents is 1. The van der Waals surface area contributed by atoms with Gasteiger partial charge in [-0.1, -0.05) is 22.8 Å². The zero-order chi connectivity index (χ0) is 19.6. The van der Waals surface area contributed by atoms with E-state index in [0.29, 0.717) is 16.8 Å². The van der Waals surface area contributed by atoms with Gasteiger partial charge in [-0.05, 0) is 42.0 Å². The van der Waals surface area contributed by atoms with Crippen LogP contribution in [0.4, 0.5) is 15.8 Å². The molecule has 0 bridgehead atoms. The molecule has 0 aliphatic heterocycles. The van der Waals surface area contributed by atoms with Gasteiger partial charge in [0.25, 0.3) is 11.6 Å². The SMILES string of the molecule is CN(C)c1ccc(/C=C(\Cl)c2nc(-c3ccc(F)cc3)no2)cc1[N+](=O)[O-]. The molecule has 0 radical (unpaired) electrons. The summed E-state index contributed by atoms with van der Waals surface area (Å²) in [6.45, 7) is 0. The normalized spacial score (nSPS) is 11.5. The van der Waals surface area contributed by atoms with Crippen LogP contribution in [0.5, 0.6) is 0 Å². The fourth-order valence-electron chi connectivity index (χ4n) is 2.40. The standard InChI is InChI=1S/C18H14ClFN4O3/c1-23(2)15-8-3-11(10-16(15)24(25)26)9-14(19)18-21-17(22-27-18)12-4-6-13(20)7-5-12/h3-10H,1-2H3/b14-9-. The van der Waals surface area contributed by atoms with Crippen LogP contribution in [0.25, 0.3) is 22.5 Å². The van der Waals surface area contributed by atoms with E-state index < -0.39 is 4.92 Å². The van der Waals surface area contributed by atoms with Crippen LogP contribution in [-0.2, 0) is 0 Å². The summed E-state index contributed by atoms with van der Waals surface area (Å²) in [5, 5.41) is 15.2. The van der Waals surface area contributed by atoms with E-state index in [9.17, 15) is 14.5 Å². The fraction of sp³-hybridized carbons (Fsp3) is 0.111. The number of aromatic nitrogens is 2. The van der Waals surface area contributed by atoms with Gasteiger partial charge in [0, 0.05) is 25.7 Å². The van der Waals surface area contributed by atoms with Crippen molar-refractivity contribution >= 4 is 34.1 Å². The van der Waals surface area contributed by atoms with Crippen molar-refractivity contribution in [2.24, 2.45) is 0 Å². The number of hydrogen-bond acceptors (Lipinski definition) is 6. The zero-order valence-electron chi connectivity index (χ0n) is 14.4. The molecule has 0 N–H and O–H groups in total. The minimum absolute atomic E-state index is 0.0456. The molecule has 1 aromatic heterocycles. The molecule has 0 aliphatic carbocycles. The molecule has 2 aromatic carbocycles. The Labute approximate surface area is 158 Å². The maximum atomic E-state index is 13.0. The average Bonchev–Trinajstić information content (AvgIpc) is 3.12. The first-order valence-corrected chi connectivity index (χ1v) is 8.16. The van der Waals surface area contributed by atoms with Gasteiger partial charge in [0.2, 0.25) is 5.82 Å². The summed E-state index contributed by atoms with van der Waals surface area (Å²) in [6, 6.07) is 10.3. The van der Waals surface area contributed by atoms with Gasteiger partial charge in [0.15, 0.2) is 0 Å². The first-order chi connectivity index (χ1) is 12.8. The van der Waals surface area contributed by atoms with E-state index in [4.69, 9.17) is 16.1 Å². The topological polar surface area (TPSA) is 85.3 Å². The summed E-state index contributed by atoms with van der Waals surface area (Å²) in [7, 11) is 3.44. The molecule has 0 amide bonds. The molecular weight excluding hydrogens is 375 g/mol. The largest absolute Gasteiger partial charge is 0.372 e. The third kappa shape index (κ3) is 4.12. The summed E-state index contributed by atoms with van der Waals surface area (Å²) >= 11 is 6.23. The average molecular weight is 389 g/mol. The quantitative estimate of drug-likeness (QED) is 0.469. The fourth-order valence-corrected chi connectivity index (χ4v) is 2.60. The minimum Gasteiger partial charge on any atom is -0.372 e. The lowest BCUT2D eigenvalue weighted by molar-refractivity contribution is -0.384. The monoisotopic (exact) mass is 388 g/mol. The van der Waals surface area contributed by atoms with Crippen LogP contribution in [0.2, 0.25) is 0 Å². The van der Waals surface area contributed by atoms with Crippen LogP contribution < -0.4 is 4.90 Å². The van der Waals surface area contributed by atoms with Gasteiger partial charge >= 0.3 is 0 Å². The first-order valence-electron chi connectivity index (χ1n) is 7.78. The molecule has 0 saturated carbocycles. The molecule has 138 valence electrons. The number of benzene rings is 2. The highest BCUT2D eigenvalue weighted by molar-refractivity contribution is 6.50. The van der Waals surface area contributed by atoms with E-state index in [-0.39, 0.29) is 28.3 Å². The molecule has 0 fully saturated rings. The Kier molecular flexibility index (Phi) is 5.18. The van der Waals surface area contributed by atoms with Gasteiger partial charge in [-0.25, -0.2) is 4.39 Å². The van der Waals surface area contributed by atoms with E-state index in [2.05, 4.69) is 10.1 Å². The molecule has 7 nitrogen and oxygen atoms in total. The highest BCUT2D eigenvalue weighted by Gasteiger charge is 2.17. The van der Waals surface area contributed by atoms with Crippen LogP contribution in [-0.4, -0.2) is 29.2 Å². The van der Waals surface area contributed by atoms with Crippen molar-refractivity contribution in [1.29, 1.82) is 0 Å². The minimum atomic E-state index is -0.458. The number of nitro groups is 1. The lowest BCUT2D eigenvalue weighted by Gasteiger charge is -2.12. The third-order valence-corrected chi connectivity index (χ3v) is 3.97. The van der Waals surface area contributed by atoms with Crippen LogP contribution in [0.1, 0.15) is 11.5 Å². The van der Waals surface area contributed by atoms with Gasteiger partial charge in [0.05, 0.1) is 4.92 Å². The highest BCUT2D eigenvalue weighted by atomic mass is 35.5. The molecule has 1 heterocycles. The second kappa shape index (κ2) is 7.55. The Morgan fingerprint density at radius 2 is 1.96 bits per heavy atom. The van der Waals surface area contributed by atoms with Gasteiger partial charge < -0.3 is 9.42 Å². The molecule has 0 spiro atoms. The molecule has 0 atom stereocenters. The van der Waals surface area contributed by atoms with E-state index in [1.54, 1.807) is 31.1 Å². The first kappa shape index (κ1) is 18.5. The molecule has 27 heavy (non-hydrogen) atoms. The Hall–Kier alpha value is -3.26. The number of hydrogen-bond donors (Lipinski definition) is 0. The molecular formula is C18H14ClFN4O3.